The largest absolute Gasteiger partial charge is 0.318 e. The molecule has 2 heterocycles. The number of thioether (sulfide) groups is 1. The molecule has 142 valence electrons. The average Bonchev–Trinajstić information content (AvgIpc) is 3.08. The van der Waals surface area contributed by atoms with Crippen LogP contribution in [0.25, 0.3) is 11.8 Å². The first kappa shape index (κ1) is 19.5. The van der Waals surface area contributed by atoms with Crippen LogP contribution in [0.2, 0.25) is 0 Å². The molecule has 0 unspecified atom stereocenters. The molecule has 3 rings (SSSR count). The van der Waals surface area contributed by atoms with Crippen LogP contribution in [0, 0.1) is 13.8 Å². The standard InChI is InChI=1S/C22H26N2O2S/c1-5-7-8-17-9-11-19(12-10-17)24-15(3)13-18(16(24)4)14-20-21(25)23(6-2)22(26)27-20/h9-14H,5-8H2,1-4H3/b20-14+. The minimum absolute atomic E-state index is 0.190. The molecule has 0 spiro atoms. The van der Waals surface area contributed by atoms with E-state index in [0.29, 0.717) is 11.4 Å². The summed E-state index contributed by atoms with van der Waals surface area (Å²) in [7, 11) is 0. The van der Waals surface area contributed by atoms with Crippen LogP contribution in [0.3, 0.4) is 0 Å². The highest BCUT2D eigenvalue weighted by atomic mass is 32.2. The Morgan fingerprint density at radius 2 is 1.78 bits per heavy atom. The Hall–Kier alpha value is -2.27. The summed E-state index contributed by atoms with van der Waals surface area (Å²) in [6.07, 6.45) is 5.36. The lowest BCUT2D eigenvalue weighted by Crippen LogP contribution is -2.27. The first-order valence-corrected chi connectivity index (χ1v) is 10.3. The van der Waals surface area contributed by atoms with E-state index in [1.165, 1.54) is 23.3 Å². The van der Waals surface area contributed by atoms with Crippen molar-refractivity contribution < 1.29 is 9.59 Å². The number of imide groups is 1. The van der Waals surface area contributed by atoms with Crippen molar-refractivity contribution in [2.75, 3.05) is 6.54 Å². The molecular formula is C22H26N2O2S. The van der Waals surface area contributed by atoms with Crippen molar-refractivity contribution in [2.45, 2.75) is 47.0 Å². The second kappa shape index (κ2) is 8.17. The molecule has 0 N–H and O–H groups in total. The zero-order chi connectivity index (χ0) is 19.6. The van der Waals surface area contributed by atoms with E-state index < -0.39 is 0 Å². The van der Waals surface area contributed by atoms with Crippen molar-refractivity contribution in [3.05, 3.63) is 57.8 Å². The fourth-order valence-electron chi connectivity index (χ4n) is 3.44. The Kier molecular flexibility index (Phi) is 5.90. The number of benzene rings is 1. The van der Waals surface area contributed by atoms with Crippen LogP contribution in [0.15, 0.2) is 35.2 Å². The predicted molar refractivity (Wildman–Crippen MR) is 112 cm³/mol. The number of aryl methyl sites for hydroxylation is 2. The number of hydrogen-bond acceptors (Lipinski definition) is 3. The maximum atomic E-state index is 12.4. The van der Waals surface area contributed by atoms with E-state index in [1.54, 1.807) is 0 Å². The molecule has 1 fully saturated rings. The van der Waals surface area contributed by atoms with E-state index in [9.17, 15) is 9.59 Å². The molecule has 2 amide bonds. The van der Waals surface area contributed by atoms with E-state index in [-0.39, 0.29) is 11.1 Å². The summed E-state index contributed by atoms with van der Waals surface area (Å²) in [4.78, 5) is 26.1. The highest BCUT2D eigenvalue weighted by Crippen LogP contribution is 2.33. The zero-order valence-electron chi connectivity index (χ0n) is 16.4. The molecule has 27 heavy (non-hydrogen) atoms. The molecule has 2 aromatic rings. The van der Waals surface area contributed by atoms with Gasteiger partial charge in [-0.1, -0.05) is 25.5 Å². The van der Waals surface area contributed by atoms with E-state index >= 15 is 0 Å². The van der Waals surface area contributed by atoms with Crippen molar-refractivity contribution in [3.8, 4) is 5.69 Å². The number of aromatic nitrogens is 1. The number of carbonyl (C=O) groups excluding carboxylic acids is 2. The predicted octanol–water partition coefficient (Wildman–Crippen LogP) is 5.49. The molecule has 0 atom stereocenters. The summed E-state index contributed by atoms with van der Waals surface area (Å²) >= 11 is 1.02. The summed E-state index contributed by atoms with van der Waals surface area (Å²) in [5.74, 6) is -0.197. The maximum absolute atomic E-state index is 12.4. The fraction of sp³-hybridized carbons (Fsp3) is 0.364. The Bertz CT molecular complexity index is 894. The van der Waals surface area contributed by atoms with Crippen LogP contribution in [-0.2, 0) is 11.2 Å². The highest BCUT2D eigenvalue weighted by molar-refractivity contribution is 8.18. The number of rotatable bonds is 6. The van der Waals surface area contributed by atoms with Crippen molar-refractivity contribution in [2.24, 2.45) is 0 Å². The molecule has 0 saturated carbocycles. The van der Waals surface area contributed by atoms with E-state index in [1.807, 2.05) is 19.9 Å². The lowest BCUT2D eigenvalue weighted by molar-refractivity contribution is -0.122. The van der Waals surface area contributed by atoms with Gasteiger partial charge in [0, 0.05) is 23.6 Å². The van der Waals surface area contributed by atoms with Crippen LogP contribution in [0.1, 0.15) is 49.2 Å². The van der Waals surface area contributed by atoms with Gasteiger partial charge in [-0.2, -0.15) is 0 Å². The molecule has 1 aliphatic rings. The summed E-state index contributed by atoms with van der Waals surface area (Å²) in [6.45, 7) is 8.54. The van der Waals surface area contributed by atoms with Crippen LogP contribution < -0.4 is 0 Å². The normalized spacial score (nSPS) is 16.0. The van der Waals surface area contributed by atoms with Crippen LogP contribution in [0.5, 0.6) is 0 Å². The molecule has 5 heteroatoms. The van der Waals surface area contributed by atoms with Gasteiger partial charge in [0.1, 0.15) is 0 Å². The molecule has 1 aliphatic heterocycles. The van der Waals surface area contributed by atoms with Crippen LogP contribution in [-0.4, -0.2) is 27.2 Å². The van der Waals surface area contributed by atoms with Gasteiger partial charge in [0.05, 0.1) is 4.91 Å². The van der Waals surface area contributed by atoms with Crippen LogP contribution in [0.4, 0.5) is 4.79 Å². The fourth-order valence-corrected chi connectivity index (χ4v) is 4.33. The summed E-state index contributed by atoms with van der Waals surface area (Å²) in [5.41, 5.74) is 5.62. The SMILES string of the molecule is CCCCc1ccc(-n2c(C)cc(/C=C3/SC(=O)N(CC)C3=O)c2C)cc1. The smallest absolute Gasteiger partial charge is 0.293 e. The molecule has 1 aromatic heterocycles. The van der Waals surface area contributed by atoms with Crippen molar-refractivity contribution >= 4 is 29.0 Å². The number of amides is 2. The number of carbonyl (C=O) groups is 2. The second-order valence-electron chi connectivity index (χ2n) is 6.86. The molecule has 4 nitrogen and oxygen atoms in total. The second-order valence-corrected chi connectivity index (χ2v) is 7.85. The number of nitrogens with zero attached hydrogens (tertiary/aromatic N) is 2. The van der Waals surface area contributed by atoms with Gasteiger partial charge in [0.2, 0.25) is 0 Å². The van der Waals surface area contributed by atoms with Gasteiger partial charge in [-0.15, -0.1) is 0 Å². The minimum Gasteiger partial charge on any atom is -0.318 e. The average molecular weight is 383 g/mol. The van der Waals surface area contributed by atoms with Gasteiger partial charge < -0.3 is 4.57 Å². The molecule has 1 saturated heterocycles. The van der Waals surface area contributed by atoms with E-state index in [2.05, 4.69) is 48.7 Å². The number of hydrogen-bond donors (Lipinski definition) is 0. The lowest BCUT2D eigenvalue weighted by atomic mass is 10.1. The van der Waals surface area contributed by atoms with Gasteiger partial charge in [-0.05, 0) is 80.8 Å². The Labute approximate surface area is 165 Å². The van der Waals surface area contributed by atoms with Crippen molar-refractivity contribution in [1.82, 2.24) is 9.47 Å². The van der Waals surface area contributed by atoms with Gasteiger partial charge in [0.15, 0.2) is 0 Å². The summed E-state index contributed by atoms with van der Waals surface area (Å²) in [5, 5.41) is -0.190. The van der Waals surface area contributed by atoms with Gasteiger partial charge in [0.25, 0.3) is 11.1 Å². The Morgan fingerprint density at radius 1 is 1.07 bits per heavy atom. The first-order valence-electron chi connectivity index (χ1n) is 9.49. The highest BCUT2D eigenvalue weighted by Gasteiger charge is 2.33. The molecule has 0 bridgehead atoms. The lowest BCUT2D eigenvalue weighted by Gasteiger charge is -2.11. The minimum atomic E-state index is -0.197. The third-order valence-corrected chi connectivity index (χ3v) is 5.87. The van der Waals surface area contributed by atoms with Gasteiger partial charge in [-0.25, -0.2) is 0 Å². The Balaban J connectivity index is 1.90. The zero-order valence-corrected chi connectivity index (χ0v) is 17.2. The number of likely N-dealkylation sites (N-methyl/N-ethyl adjacent to an activating group) is 1. The van der Waals surface area contributed by atoms with E-state index in [0.717, 1.165) is 40.8 Å². The maximum Gasteiger partial charge on any atom is 0.293 e. The Morgan fingerprint density at radius 3 is 2.37 bits per heavy atom. The monoisotopic (exact) mass is 382 g/mol. The third kappa shape index (κ3) is 3.88. The molecule has 1 aromatic carbocycles. The third-order valence-electron chi connectivity index (χ3n) is 4.96. The van der Waals surface area contributed by atoms with Crippen molar-refractivity contribution in [3.63, 3.8) is 0 Å². The topological polar surface area (TPSA) is 42.3 Å². The van der Waals surface area contributed by atoms with Crippen molar-refractivity contribution in [1.29, 1.82) is 0 Å². The first-order chi connectivity index (χ1) is 13.0. The van der Waals surface area contributed by atoms with Gasteiger partial charge in [-0.3, -0.25) is 14.5 Å². The molecule has 0 radical (unpaired) electrons. The summed E-state index contributed by atoms with van der Waals surface area (Å²) < 4.78 is 2.19. The van der Waals surface area contributed by atoms with Gasteiger partial charge >= 0.3 is 0 Å². The quantitative estimate of drug-likeness (QED) is 0.620. The van der Waals surface area contributed by atoms with Crippen LogP contribution >= 0.6 is 11.8 Å². The van der Waals surface area contributed by atoms with E-state index in [4.69, 9.17) is 0 Å². The molecular weight excluding hydrogens is 356 g/mol. The number of unbranched alkanes of at least 4 members (excludes halogenated alkanes) is 1. The molecule has 0 aliphatic carbocycles. The summed E-state index contributed by atoms with van der Waals surface area (Å²) in [6, 6.07) is 10.8.